The van der Waals surface area contributed by atoms with E-state index in [4.69, 9.17) is 9.84 Å². The number of hydrogen-bond acceptors (Lipinski definition) is 4. The fourth-order valence-corrected chi connectivity index (χ4v) is 1.89. The molecule has 2 N–H and O–H groups in total. The summed E-state index contributed by atoms with van der Waals surface area (Å²) in [6, 6.07) is 7.78. The molecule has 1 atom stereocenters. The van der Waals surface area contributed by atoms with Crippen LogP contribution in [0.3, 0.4) is 0 Å². The fourth-order valence-electron chi connectivity index (χ4n) is 1.48. The predicted octanol–water partition coefficient (Wildman–Crippen LogP) is 2.40. The normalized spacial score (nSPS) is 12.1. The first-order valence-corrected chi connectivity index (χ1v) is 7.01. The van der Waals surface area contributed by atoms with E-state index >= 15 is 0 Å². The lowest BCUT2D eigenvalue weighted by Gasteiger charge is -2.09. The number of benzene rings is 1. The number of rotatable bonds is 8. The number of aliphatic hydroxyl groups excluding tert-OH is 1. The molecule has 1 aromatic rings. The number of carboxylic acids is 1. The summed E-state index contributed by atoms with van der Waals surface area (Å²) in [5.41, 5.74) is 0. The Kier molecular flexibility index (Phi) is 6.60. The van der Waals surface area contributed by atoms with Crippen LogP contribution < -0.4 is 4.74 Å². The van der Waals surface area contributed by atoms with Crippen molar-refractivity contribution in [1.29, 1.82) is 0 Å². The van der Waals surface area contributed by atoms with Gasteiger partial charge in [-0.05, 0) is 43.4 Å². The molecular formula is C13H18O4S. The van der Waals surface area contributed by atoms with Gasteiger partial charge in [0.05, 0.1) is 19.1 Å². The van der Waals surface area contributed by atoms with E-state index in [-0.39, 0.29) is 6.42 Å². The zero-order valence-corrected chi connectivity index (χ0v) is 11.2. The van der Waals surface area contributed by atoms with Crippen molar-refractivity contribution in [2.75, 3.05) is 12.9 Å². The van der Waals surface area contributed by atoms with Gasteiger partial charge in [-0.25, -0.2) is 0 Å². The van der Waals surface area contributed by atoms with Crippen LogP contribution >= 0.6 is 11.8 Å². The van der Waals surface area contributed by atoms with Crippen molar-refractivity contribution >= 4 is 17.7 Å². The van der Waals surface area contributed by atoms with E-state index in [0.717, 1.165) is 5.75 Å². The van der Waals surface area contributed by atoms with Gasteiger partial charge in [0, 0.05) is 4.90 Å². The SMILES string of the molecule is CSc1ccc(OCCCC(O)CC(=O)O)cc1. The summed E-state index contributed by atoms with van der Waals surface area (Å²) in [5, 5.41) is 17.8. The Hall–Kier alpha value is -1.20. The van der Waals surface area contributed by atoms with Gasteiger partial charge in [0.2, 0.25) is 0 Å². The van der Waals surface area contributed by atoms with Gasteiger partial charge in [0.1, 0.15) is 5.75 Å². The summed E-state index contributed by atoms with van der Waals surface area (Å²) in [7, 11) is 0. The first-order valence-electron chi connectivity index (χ1n) is 5.78. The highest BCUT2D eigenvalue weighted by atomic mass is 32.2. The minimum atomic E-state index is -0.976. The lowest BCUT2D eigenvalue weighted by molar-refractivity contribution is -0.139. The first kappa shape index (κ1) is 14.9. The van der Waals surface area contributed by atoms with Crippen LogP contribution in [0.5, 0.6) is 5.75 Å². The molecule has 0 radical (unpaired) electrons. The maximum absolute atomic E-state index is 10.3. The van der Waals surface area contributed by atoms with Crippen LogP contribution in [-0.2, 0) is 4.79 Å². The second-order valence-electron chi connectivity index (χ2n) is 3.92. The highest BCUT2D eigenvalue weighted by Crippen LogP contribution is 2.19. The summed E-state index contributed by atoms with van der Waals surface area (Å²) in [5.74, 6) is -0.184. The molecule has 0 aromatic heterocycles. The summed E-state index contributed by atoms with van der Waals surface area (Å²) in [4.78, 5) is 11.5. The number of ether oxygens (including phenoxy) is 1. The van der Waals surface area contributed by atoms with Gasteiger partial charge < -0.3 is 14.9 Å². The van der Waals surface area contributed by atoms with Gasteiger partial charge in [-0.3, -0.25) is 4.79 Å². The van der Waals surface area contributed by atoms with Crippen molar-refractivity contribution in [2.45, 2.75) is 30.3 Å². The Morgan fingerprint density at radius 1 is 1.39 bits per heavy atom. The predicted molar refractivity (Wildman–Crippen MR) is 71.2 cm³/mol. The van der Waals surface area contributed by atoms with Gasteiger partial charge in [-0.1, -0.05) is 0 Å². The summed E-state index contributed by atoms with van der Waals surface area (Å²) < 4.78 is 5.49. The maximum atomic E-state index is 10.3. The summed E-state index contributed by atoms with van der Waals surface area (Å²) in [6.07, 6.45) is 2.10. The second kappa shape index (κ2) is 8.00. The zero-order valence-electron chi connectivity index (χ0n) is 10.3. The third-order valence-electron chi connectivity index (χ3n) is 2.42. The van der Waals surface area contributed by atoms with Crippen LogP contribution in [0.4, 0.5) is 0 Å². The van der Waals surface area contributed by atoms with Crippen LogP contribution in [0.2, 0.25) is 0 Å². The molecule has 0 fully saturated rings. The van der Waals surface area contributed by atoms with Crippen LogP contribution in [0.1, 0.15) is 19.3 Å². The third-order valence-corrected chi connectivity index (χ3v) is 3.16. The fraction of sp³-hybridized carbons (Fsp3) is 0.462. The van der Waals surface area contributed by atoms with Crippen LogP contribution in [-0.4, -0.2) is 35.1 Å². The van der Waals surface area contributed by atoms with Crippen LogP contribution in [0.15, 0.2) is 29.2 Å². The molecular weight excluding hydrogens is 252 g/mol. The maximum Gasteiger partial charge on any atom is 0.305 e. The molecule has 0 bridgehead atoms. The van der Waals surface area contributed by atoms with Crippen molar-refractivity contribution in [1.82, 2.24) is 0 Å². The summed E-state index contributed by atoms with van der Waals surface area (Å²) in [6.45, 7) is 0.481. The van der Waals surface area contributed by atoms with Crippen molar-refractivity contribution in [2.24, 2.45) is 0 Å². The Morgan fingerprint density at radius 3 is 2.61 bits per heavy atom. The monoisotopic (exact) mass is 270 g/mol. The number of hydrogen-bond donors (Lipinski definition) is 2. The minimum Gasteiger partial charge on any atom is -0.494 e. The van der Waals surface area contributed by atoms with E-state index in [1.165, 1.54) is 4.90 Å². The lowest BCUT2D eigenvalue weighted by atomic mass is 10.1. The van der Waals surface area contributed by atoms with Gasteiger partial charge >= 0.3 is 5.97 Å². The molecule has 100 valence electrons. The molecule has 1 rings (SSSR count). The molecule has 0 saturated heterocycles. The van der Waals surface area contributed by atoms with E-state index in [0.29, 0.717) is 19.4 Å². The number of carboxylic acid groups (broad SMARTS) is 1. The van der Waals surface area contributed by atoms with E-state index in [2.05, 4.69) is 0 Å². The van der Waals surface area contributed by atoms with E-state index in [9.17, 15) is 9.90 Å². The molecule has 5 heteroatoms. The largest absolute Gasteiger partial charge is 0.494 e. The number of carbonyl (C=O) groups is 1. The second-order valence-corrected chi connectivity index (χ2v) is 4.80. The molecule has 0 aliphatic heterocycles. The molecule has 1 aromatic carbocycles. The highest BCUT2D eigenvalue weighted by Gasteiger charge is 2.08. The first-order chi connectivity index (χ1) is 8.61. The number of thioether (sulfide) groups is 1. The van der Waals surface area contributed by atoms with Crippen LogP contribution in [0, 0.1) is 0 Å². The van der Waals surface area contributed by atoms with Gasteiger partial charge in [0.25, 0.3) is 0 Å². The molecule has 18 heavy (non-hydrogen) atoms. The Labute approximate surface area is 111 Å². The number of aliphatic carboxylic acids is 1. The van der Waals surface area contributed by atoms with Gasteiger partial charge in [0.15, 0.2) is 0 Å². The zero-order chi connectivity index (χ0) is 13.4. The third kappa shape index (κ3) is 5.93. The molecule has 0 saturated carbocycles. The van der Waals surface area contributed by atoms with Crippen LogP contribution in [0.25, 0.3) is 0 Å². The Balaban J connectivity index is 2.19. The van der Waals surface area contributed by atoms with Crippen molar-refractivity contribution in [3.05, 3.63) is 24.3 Å². The van der Waals surface area contributed by atoms with E-state index in [1.807, 2.05) is 30.5 Å². The summed E-state index contributed by atoms with van der Waals surface area (Å²) >= 11 is 1.67. The molecule has 0 spiro atoms. The van der Waals surface area contributed by atoms with Crippen molar-refractivity contribution < 1.29 is 19.7 Å². The van der Waals surface area contributed by atoms with E-state index < -0.39 is 12.1 Å². The molecule has 4 nitrogen and oxygen atoms in total. The van der Waals surface area contributed by atoms with Crippen molar-refractivity contribution in [3.8, 4) is 5.75 Å². The standard InChI is InChI=1S/C13H18O4S/c1-18-12-6-4-11(5-7-12)17-8-2-3-10(14)9-13(15)16/h4-7,10,14H,2-3,8-9H2,1H3,(H,15,16). The van der Waals surface area contributed by atoms with Gasteiger partial charge in [-0.15, -0.1) is 11.8 Å². The Bertz CT molecular complexity index is 364. The average Bonchev–Trinajstić information content (AvgIpc) is 2.34. The smallest absolute Gasteiger partial charge is 0.305 e. The van der Waals surface area contributed by atoms with Crippen molar-refractivity contribution in [3.63, 3.8) is 0 Å². The minimum absolute atomic E-state index is 0.206. The molecule has 0 amide bonds. The van der Waals surface area contributed by atoms with E-state index in [1.54, 1.807) is 11.8 Å². The number of aliphatic hydroxyl groups is 1. The lowest BCUT2D eigenvalue weighted by Crippen LogP contribution is -2.14. The quantitative estimate of drug-likeness (QED) is 0.561. The topological polar surface area (TPSA) is 66.8 Å². The average molecular weight is 270 g/mol. The molecule has 0 aliphatic carbocycles. The van der Waals surface area contributed by atoms with Gasteiger partial charge in [-0.2, -0.15) is 0 Å². The Morgan fingerprint density at radius 2 is 2.06 bits per heavy atom. The molecule has 0 heterocycles. The molecule has 1 unspecified atom stereocenters. The molecule has 0 aliphatic rings. The highest BCUT2D eigenvalue weighted by molar-refractivity contribution is 7.98.